The number of hydrogen-bond acceptors (Lipinski definition) is 5. The third-order valence-electron chi connectivity index (χ3n) is 3.36. The molecule has 0 aliphatic carbocycles. The second kappa shape index (κ2) is 6.94. The molecule has 0 saturated heterocycles. The van der Waals surface area contributed by atoms with Crippen molar-refractivity contribution < 1.29 is 4.74 Å². The van der Waals surface area contributed by atoms with Crippen LogP contribution in [0.15, 0.2) is 41.1 Å². The molecule has 0 amide bonds. The molecule has 0 radical (unpaired) electrons. The molecule has 0 bridgehead atoms. The van der Waals surface area contributed by atoms with E-state index in [1.165, 1.54) is 10.4 Å². The van der Waals surface area contributed by atoms with E-state index >= 15 is 0 Å². The van der Waals surface area contributed by atoms with Gasteiger partial charge in [0.2, 0.25) is 0 Å². The van der Waals surface area contributed by atoms with Crippen molar-refractivity contribution in [1.82, 2.24) is 4.98 Å². The average Bonchev–Trinajstić information content (AvgIpc) is 3.19. The molecule has 0 aliphatic rings. The van der Waals surface area contributed by atoms with Crippen molar-refractivity contribution in [2.75, 3.05) is 19.0 Å². The highest BCUT2D eigenvalue weighted by Gasteiger charge is 2.10. The van der Waals surface area contributed by atoms with Crippen molar-refractivity contribution >= 4 is 27.8 Å². The van der Waals surface area contributed by atoms with E-state index in [9.17, 15) is 0 Å². The summed E-state index contributed by atoms with van der Waals surface area (Å²) in [5, 5.41) is 8.54. The van der Waals surface area contributed by atoms with E-state index in [0.717, 1.165) is 35.1 Å². The minimum absolute atomic E-state index is 0.862. The summed E-state index contributed by atoms with van der Waals surface area (Å²) in [5.74, 6) is 0.862. The molecular formula is C17H18N2OS2. The van der Waals surface area contributed by atoms with Crippen molar-refractivity contribution in [2.45, 2.75) is 13.3 Å². The van der Waals surface area contributed by atoms with Crippen LogP contribution >= 0.6 is 22.7 Å². The highest BCUT2D eigenvalue weighted by atomic mass is 32.1. The molecule has 2 aromatic heterocycles. The van der Waals surface area contributed by atoms with E-state index in [1.807, 2.05) is 6.07 Å². The van der Waals surface area contributed by atoms with Gasteiger partial charge in [-0.05, 0) is 36.9 Å². The highest BCUT2D eigenvalue weighted by Crippen LogP contribution is 2.32. The minimum Gasteiger partial charge on any atom is -0.496 e. The van der Waals surface area contributed by atoms with Crippen LogP contribution in [0.5, 0.6) is 5.75 Å². The summed E-state index contributed by atoms with van der Waals surface area (Å²) in [6.45, 7) is 2.98. The predicted octanol–water partition coefficient (Wildman–Crippen LogP) is 4.84. The molecule has 1 aromatic carbocycles. The fraction of sp³-hybridized carbons (Fsp3) is 0.235. The van der Waals surface area contributed by atoms with Gasteiger partial charge in [-0.15, -0.1) is 22.7 Å². The summed E-state index contributed by atoms with van der Waals surface area (Å²) in [6.07, 6.45) is 1.03. The fourth-order valence-electron chi connectivity index (χ4n) is 2.25. The lowest BCUT2D eigenvalue weighted by Crippen LogP contribution is -2.03. The van der Waals surface area contributed by atoms with E-state index < -0.39 is 0 Å². The molecule has 0 aliphatic heterocycles. The number of anilines is 1. The van der Waals surface area contributed by atoms with E-state index in [4.69, 9.17) is 4.74 Å². The number of ether oxygens (including phenoxy) is 1. The van der Waals surface area contributed by atoms with Crippen molar-refractivity contribution in [3.8, 4) is 17.0 Å². The monoisotopic (exact) mass is 330 g/mol. The quantitative estimate of drug-likeness (QED) is 0.702. The molecule has 0 unspecified atom stereocenters. The third-order valence-corrected chi connectivity index (χ3v) is 5.10. The van der Waals surface area contributed by atoms with Crippen molar-refractivity contribution in [3.63, 3.8) is 0 Å². The standard InChI is InChI=1S/C17H18N2OS2/c1-12-5-6-16(20-2)14(10-12)15-11-22-17(19-15)18-8-7-13-4-3-9-21-13/h3-6,9-11H,7-8H2,1-2H3,(H,18,19). The Morgan fingerprint density at radius 2 is 2.14 bits per heavy atom. The maximum absolute atomic E-state index is 5.44. The lowest BCUT2D eigenvalue weighted by atomic mass is 10.1. The number of rotatable bonds is 6. The van der Waals surface area contributed by atoms with Gasteiger partial charge in [0, 0.05) is 22.4 Å². The topological polar surface area (TPSA) is 34.1 Å². The summed E-state index contributed by atoms with van der Waals surface area (Å²) >= 11 is 3.43. The minimum atomic E-state index is 0.862. The third kappa shape index (κ3) is 3.48. The summed E-state index contributed by atoms with van der Waals surface area (Å²) in [4.78, 5) is 6.07. The second-order valence-electron chi connectivity index (χ2n) is 5.00. The zero-order valence-electron chi connectivity index (χ0n) is 12.6. The van der Waals surface area contributed by atoms with E-state index in [-0.39, 0.29) is 0 Å². The van der Waals surface area contributed by atoms with Gasteiger partial charge in [0.25, 0.3) is 0 Å². The summed E-state index contributed by atoms with van der Waals surface area (Å²) in [6, 6.07) is 10.4. The van der Waals surface area contributed by atoms with Crippen molar-refractivity contribution in [1.29, 1.82) is 0 Å². The number of hydrogen-bond donors (Lipinski definition) is 1. The average molecular weight is 330 g/mol. The number of thiophene rings is 1. The van der Waals surface area contributed by atoms with E-state index in [2.05, 4.69) is 52.3 Å². The Morgan fingerprint density at radius 3 is 2.91 bits per heavy atom. The number of aromatic nitrogens is 1. The summed E-state index contributed by atoms with van der Waals surface area (Å²) in [7, 11) is 1.70. The Balaban J connectivity index is 1.69. The van der Waals surface area contributed by atoms with Gasteiger partial charge in [-0.1, -0.05) is 17.7 Å². The molecule has 3 rings (SSSR count). The number of thiazole rings is 1. The Labute approximate surface area is 138 Å². The van der Waals surface area contributed by atoms with Crippen LogP contribution in [-0.4, -0.2) is 18.6 Å². The number of aryl methyl sites for hydroxylation is 1. The van der Waals surface area contributed by atoms with Gasteiger partial charge in [0.15, 0.2) is 5.13 Å². The van der Waals surface area contributed by atoms with Gasteiger partial charge in [0.05, 0.1) is 12.8 Å². The van der Waals surface area contributed by atoms with Crippen molar-refractivity contribution in [3.05, 3.63) is 51.5 Å². The Hall–Kier alpha value is -1.85. The molecule has 0 atom stereocenters. The zero-order chi connectivity index (χ0) is 15.4. The van der Waals surface area contributed by atoms with Crippen LogP contribution in [0.1, 0.15) is 10.4 Å². The summed E-state index contributed by atoms with van der Waals surface area (Å²) in [5.41, 5.74) is 3.21. The lowest BCUT2D eigenvalue weighted by molar-refractivity contribution is 0.416. The molecule has 0 spiro atoms. The molecule has 5 heteroatoms. The van der Waals surface area contributed by atoms with Gasteiger partial charge in [0.1, 0.15) is 5.75 Å². The lowest BCUT2D eigenvalue weighted by Gasteiger charge is -2.07. The Morgan fingerprint density at radius 1 is 1.23 bits per heavy atom. The van der Waals surface area contributed by atoms with Crippen LogP contribution in [0, 0.1) is 6.92 Å². The van der Waals surface area contributed by atoms with E-state index in [1.54, 1.807) is 29.8 Å². The van der Waals surface area contributed by atoms with Gasteiger partial charge < -0.3 is 10.1 Å². The molecule has 2 heterocycles. The maximum atomic E-state index is 5.44. The van der Waals surface area contributed by atoms with Crippen LogP contribution in [0.2, 0.25) is 0 Å². The summed E-state index contributed by atoms with van der Waals surface area (Å²) < 4.78 is 5.44. The molecule has 0 fully saturated rings. The Bertz CT molecular complexity index is 735. The predicted molar refractivity (Wildman–Crippen MR) is 95.4 cm³/mol. The number of benzene rings is 1. The fourth-order valence-corrected chi connectivity index (χ4v) is 3.70. The Kier molecular flexibility index (Phi) is 4.75. The van der Waals surface area contributed by atoms with Crippen LogP contribution in [0.4, 0.5) is 5.13 Å². The first-order valence-corrected chi connectivity index (χ1v) is 8.89. The number of methoxy groups -OCH3 is 1. The molecule has 3 nitrogen and oxygen atoms in total. The maximum Gasteiger partial charge on any atom is 0.183 e. The molecular weight excluding hydrogens is 312 g/mol. The van der Waals surface area contributed by atoms with Gasteiger partial charge in [-0.2, -0.15) is 0 Å². The SMILES string of the molecule is COc1ccc(C)cc1-c1csc(NCCc2cccs2)n1. The first kappa shape index (κ1) is 15.1. The first-order valence-electron chi connectivity index (χ1n) is 7.13. The smallest absolute Gasteiger partial charge is 0.183 e. The van der Waals surface area contributed by atoms with Gasteiger partial charge in [-0.25, -0.2) is 4.98 Å². The van der Waals surface area contributed by atoms with Crippen LogP contribution < -0.4 is 10.1 Å². The van der Waals surface area contributed by atoms with Crippen LogP contribution in [0.25, 0.3) is 11.3 Å². The molecule has 1 N–H and O–H groups in total. The molecule has 22 heavy (non-hydrogen) atoms. The van der Waals surface area contributed by atoms with Crippen LogP contribution in [-0.2, 0) is 6.42 Å². The number of nitrogens with one attached hydrogen (secondary N) is 1. The first-order chi connectivity index (χ1) is 10.8. The van der Waals surface area contributed by atoms with Crippen molar-refractivity contribution in [2.24, 2.45) is 0 Å². The number of nitrogens with zero attached hydrogens (tertiary/aromatic N) is 1. The van der Waals surface area contributed by atoms with Crippen LogP contribution in [0.3, 0.4) is 0 Å². The normalized spacial score (nSPS) is 10.6. The van der Waals surface area contributed by atoms with Gasteiger partial charge in [-0.3, -0.25) is 0 Å². The van der Waals surface area contributed by atoms with E-state index in [0.29, 0.717) is 0 Å². The van der Waals surface area contributed by atoms with Gasteiger partial charge >= 0.3 is 0 Å². The zero-order valence-corrected chi connectivity index (χ0v) is 14.3. The molecule has 3 aromatic rings. The molecule has 114 valence electrons. The largest absolute Gasteiger partial charge is 0.496 e. The molecule has 0 saturated carbocycles. The highest BCUT2D eigenvalue weighted by molar-refractivity contribution is 7.14. The second-order valence-corrected chi connectivity index (χ2v) is 6.89.